The Morgan fingerprint density at radius 3 is 2.75 bits per heavy atom. The lowest BCUT2D eigenvalue weighted by molar-refractivity contribution is 0.416. The second-order valence-corrected chi connectivity index (χ2v) is 5.79. The molecule has 0 aliphatic rings. The van der Waals surface area contributed by atoms with Crippen LogP contribution in [0.2, 0.25) is 0 Å². The van der Waals surface area contributed by atoms with Crippen LogP contribution < -0.4 is 15.3 Å². The fraction of sp³-hybridized carbons (Fsp3) is 0.400. The Morgan fingerprint density at radius 1 is 1.30 bits per heavy atom. The fourth-order valence-electron chi connectivity index (χ4n) is 2.31. The SMILES string of the molecule is COc1ccccc1-c1c(C)sc(=O)n1CCCCN. The minimum Gasteiger partial charge on any atom is -0.496 e. The second-order valence-electron chi connectivity index (χ2n) is 4.62. The number of para-hydroxylation sites is 1. The summed E-state index contributed by atoms with van der Waals surface area (Å²) in [6, 6.07) is 7.80. The average molecular weight is 292 g/mol. The topological polar surface area (TPSA) is 57.2 Å². The molecule has 4 nitrogen and oxygen atoms in total. The fourth-order valence-corrected chi connectivity index (χ4v) is 3.18. The summed E-state index contributed by atoms with van der Waals surface area (Å²) in [5, 5.41) is 0. The quantitative estimate of drug-likeness (QED) is 0.833. The number of nitrogens with zero attached hydrogens (tertiary/aromatic N) is 1. The highest BCUT2D eigenvalue weighted by molar-refractivity contribution is 7.09. The van der Waals surface area contributed by atoms with Crippen molar-refractivity contribution >= 4 is 11.3 Å². The van der Waals surface area contributed by atoms with Gasteiger partial charge in [-0.3, -0.25) is 9.36 Å². The largest absolute Gasteiger partial charge is 0.496 e. The highest BCUT2D eigenvalue weighted by Crippen LogP contribution is 2.32. The third kappa shape index (κ3) is 2.94. The van der Waals surface area contributed by atoms with E-state index < -0.39 is 0 Å². The van der Waals surface area contributed by atoms with Gasteiger partial charge in [-0.15, -0.1) is 0 Å². The molecule has 0 aliphatic heterocycles. The van der Waals surface area contributed by atoms with E-state index in [0.717, 1.165) is 34.7 Å². The third-order valence-electron chi connectivity index (χ3n) is 3.26. The van der Waals surface area contributed by atoms with Crippen LogP contribution in [0.25, 0.3) is 11.3 Å². The molecule has 5 heteroatoms. The molecule has 0 fully saturated rings. The van der Waals surface area contributed by atoms with Crippen molar-refractivity contribution in [2.75, 3.05) is 13.7 Å². The lowest BCUT2D eigenvalue weighted by Gasteiger charge is -2.12. The normalized spacial score (nSPS) is 10.8. The molecule has 0 amide bonds. The first-order valence-corrected chi connectivity index (χ1v) is 7.54. The first-order valence-electron chi connectivity index (χ1n) is 6.72. The van der Waals surface area contributed by atoms with Gasteiger partial charge in [0.2, 0.25) is 0 Å². The van der Waals surface area contributed by atoms with Crippen LogP contribution in [-0.4, -0.2) is 18.2 Å². The van der Waals surface area contributed by atoms with Crippen LogP contribution in [0.15, 0.2) is 29.1 Å². The number of hydrogen-bond donors (Lipinski definition) is 1. The van der Waals surface area contributed by atoms with Gasteiger partial charge >= 0.3 is 4.87 Å². The summed E-state index contributed by atoms with van der Waals surface area (Å²) in [7, 11) is 1.65. The van der Waals surface area contributed by atoms with E-state index in [9.17, 15) is 4.79 Å². The van der Waals surface area contributed by atoms with Crippen LogP contribution in [0.3, 0.4) is 0 Å². The second kappa shape index (κ2) is 6.72. The number of methoxy groups -OCH3 is 1. The van der Waals surface area contributed by atoms with Crippen molar-refractivity contribution in [3.63, 3.8) is 0 Å². The van der Waals surface area contributed by atoms with E-state index in [1.54, 1.807) is 7.11 Å². The molecule has 2 rings (SSSR count). The van der Waals surface area contributed by atoms with Crippen LogP contribution in [0.1, 0.15) is 17.7 Å². The van der Waals surface area contributed by atoms with Gasteiger partial charge in [-0.05, 0) is 38.4 Å². The highest BCUT2D eigenvalue weighted by Gasteiger charge is 2.16. The smallest absolute Gasteiger partial charge is 0.307 e. The Kier molecular flexibility index (Phi) is 4.98. The van der Waals surface area contributed by atoms with Crippen molar-refractivity contribution < 1.29 is 4.74 Å². The van der Waals surface area contributed by atoms with Crippen molar-refractivity contribution in [3.8, 4) is 17.0 Å². The maximum atomic E-state index is 12.1. The molecule has 108 valence electrons. The van der Waals surface area contributed by atoms with Crippen LogP contribution >= 0.6 is 11.3 Å². The van der Waals surface area contributed by atoms with Crippen molar-refractivity contribution in [1.82, 2.24) is 4.57 Å². The summed E-state index contributed by atoms with van der Waals surface area (Å²) in [5.41, 5.74) is 7.46. The summed E-state index contributed by atoms with van der Waals surface area (Å²) in [4.78, 5) is 13.2. The molecule has 0 saturated heterocycles. The molecule has 0 aliphatic carbocycles. The van der Waals surface area contributed by atoms with Crippen molar-refractivity contribution in [2.24, 2.45) is 5.73 Å². The minimum atomic E-state index is 0.0837. The van der Waals surface area contributed by atoms with E-state index in [0.29, 0.717) is 13.1 Å². The lowest BCUT2D eigenvalue weighted by atomic mass is 10.1. The molecule has 20 heavy (non-hydrogen) atoms. The summed E-state index contributed by atoms with van der Waals surface area (Å²) in [6.45, 7) is 3.34. The number of thiazole rings is 1. The van der Waals surface area contributed by atoms with Gasteiger partial charge < -0.3 is 10.5 Å². The molecule has 0 bridgehead atoms. The first-order chi connectivity index (χ1) is 9.69. The Labute approximate surface area is 122 Å². The maximum absolute atomic E-state index is 12.1. The van der Waals surface area contributed by atoms with Gasteiger partial charge in [0.25, 0.3) is 0 Å². The summed E-state index contributed by atoms with van der Waals surface area (Å²) in [5.74, 6) is 0.793. The monoisotopic (exact) mass is 292 g/mol. The Bertz CT molecular complexity index is 631. The zero-order chi connectivity index (χ0) is 14.5. The summed E-state index contributed by atoms with van der Waals surface area (Å²) in [6.07, 6.45) is 1.83. The van der Waals surface area contributed by atoms with Crippen molar-refractivity contribution in [1.29, 1.82) is 0 Å². The summed E-state index contributed by atoms with van der Waals surface area (Å²) < 4.78 is 7.25. The zero-order valence-electron chi connectivity index (χ0n) is 11.9. The highest BCUT2D eigenvalue weighted by atomic mass is 32.1. The molecule has 2 N–H and O–H groups in total. The maximum Gasteiger partial charge on any atom is 0.307 e. The molecule has 0 saturated carbocycles. The van der Waals surface area contributed by atoms with Gasteiger partial charge in [-0.1, -0.05) is 23.5 Å². The number of hydrogen-bond acceptors (Lipinski definition) is 4. The van der Waals surface area contributed by atoms with E-state index in [1.165, 1.54) is 11.3 Å². The third-order valence-corrected chi connectivity index (χ3v) is 4.16. The number of rotatable bonds is 6. The van der Waals surface area contributed by atoms with E-state index in [2.05, 4.69) is 0 Å². The number of ether oxygens (including phenoxy) is 1. The first kappa shape index (κ1) is 14.8. The standard InChI is InChI=1S/C15H20N2O2S/c1-11-14(12-7-3-4-8-13(12)19-2)17(15(18)20-11)10-6-5-9-16/h3-4,7-8H,5-6,9-10,16H2,1-2H3. The van der Waals surface area contributed by atoms with Gasteiger partial charge in [0, 0.05) is 17.0 Å². The molecule has 1 aromatic carbocycles. The molecule has 2 aromatic rings. The van der Waals surface area contributed by atoms with Crippen LogP contribution in [0, 0.1) is 6.92 Å². The van der Waals surface area contributed by atoms with Gasteiger partial charge in [0.1, 0.15) is 5.75 Å². The molecule has 0 spiro atoms. The molecule has 1 heterocycles. The lowest BCUT2D eigenvalue weighted by Crippen LogP contribution is -2.15. The number of aryl methyl sites for hydroxylation is 1. The molecule has 0 radical (unpaired) electrons. The molecular weight excluding hydrogens is 272 g/mol. The molecule has 0 atom stereocenters. The van der Waals surface area contributed by atoms with Gasteiger partial charge in [-0.2, -0.15) is 0 Å². The van der Waals surface area contributed by atoms with Gasteiger partial charge in [-0.25, -0.2) is 0 Å². The van der Waals surface area contributed by atoms with Gasteiger partial charge in [0.05, 0.1) is 12.8 Å². The molecular formula is C15H20N2O2S. The average Bonchev–Trinajstić information content (AvgIpc) is 2.73. The van der Waals surface area contributed by atoms with Crippen LogP contribution in [0.5, 0.6) is 5.75 Å². The number of aromatic nitrogens is 1. The number of benzene rings is 1. The van der Waals surface area contributed by atoms with Crippen molar-refractivity contribution in [3.05, 3.63) is 38.8 Å². The van der Waals surface area contributed by atoms with Crippen LogP contribution in [0.4, 0.5) is 0 Å². The zero-order valence-corrected chi connectivity index (χ0v) is 12.7. The van der Waals surface area contributed by atoms with E-state index in [-0.39, 0.29) is 4.87 Å². The summed E-state index contributed by atoms with van der Waals surface area (Å²) >= 11 is 1.29. The van der Waals surface area contributed by atoms with Gasteiger partial charge in [0.15, 0.2) is 0 Å². The molecule has 1 aromatic heterocycles. The predicted molar refractivity (Wildman–Crippen MR) is 83.6 cm³/mol. The Morgan fingerprint density at radius 2 is 2.05 bits per heavy atom. The van der Waals surface area contributed by atoms with Crippen molar-refractivity contribution in [2.45, 2.75) is 26.3 Å². The minimum absolute atomic E-state index is 0.0837. The number of nitrogens with two attached hydrogens (primary N) is 1. The van der Waals surface area contributed by atoms with E-state index >= 15 is 0 Å². The van der Waals surface area contributed by atoms with E-state index in [1.807, 2.05) is 35.8 Å². The number of unbranched alkanes of at least 4 members (excludes halogenated alkanes) is 1. The predicted octanol–water partition coefficient (Wildman–Crippen LogP) is 2.63. The van der Waals surface area contributed by atoms with E-state index in [4.69, 9.17) is 10.5 Å². The Balaban J connectivity index is 2.47. The molecule has 0 unspecified atom stereocenters. The Hall–Kier alpha value is -1.59. The van der Waals surface area contributed by atoms with Crippen LogP contribution in [-0.2, 0) is 6.54 Å².